The molecule has 1 nitrogen and oxygen atoms in total. The second-order valence-corrected chi connectivity index (χ2v) is 6.71. The summed E-state index contributed by atoms with van der Waals surface area (Å²) in [6.45, 7) is 0. The van der Waals surface area contributed by atoms with Crippen LogP contribution in [0.2, 0.25) is 5.02 Å². The van der Waals surface area contributed by atoms with Crippen LogP contribution in [0.4, 0.5) is 0 Å². The lowest BCUT2D eigenvalue weighted by molar-refractivity contribution is 0.268. The first-order valence-electron chi connectivity index (χ1n) is 4.00. The van der Waals surface area contributed by atoms with Crippen molar-refractivity contribution in [2.45, 2.75) is 15.0 Å². The number of alkyl halides is 3. The standard InChI is InChI=1S/C9H8Cl4OS/c10-7-3-1-6(2-4-7)5-15-8(14)9(11,12)13/h1-4,8,14H,5H2/t8-/m0/s1. The fourth-order valence-electron chi connectivity index (χ4n) is 0.850. The zero-order valence-corrected chi connectivity index (χ0v) is 11.3. The number of benzene rings is 1. The first-order chi connectivity index (χ1) is 6.89. The number of hydrogen-bond acceptors (Lipinski definition) is 2. The molecule has 1 atom stereocenters. The summed E-state index contributed by atoms with van der Waals surface area (Å²) >= 11 is 23.4. The second-order valence-electron chi connectivity index (χ2n) is 2.83. The van der Waals surface area contributed by atoms with Crippen LogP contribution in [0.3, 0.4) is 0 Å². The maximum Gasteiger partial charge on any atom is 0.225 e. The van der Waals surface area contributed by atoms with Gasteiger partial charge in [0.05, 0.1) is 0 Å². The van der Waals surface area contributed by atoms with Gasteiger partial charge in [-0.2, -0.15) is 0 Å². The smallest absolute Gasteiger partial charge is 0.225 e. The summed E-state index contributed by atoms with van der Waals surface area (Å²) in [6, 6.07) is 7.28. The highest BCUT2D eigenvalue weighted by Gasteiger charge is 2.30. The molecule has 0 amide bonds. The molecule has 0 unspecified atom stereocenters. The quantitative estimate of drug-likeness (QED) is 0.665. The largest absolute Gasteiger partial charge is 0.378 e. The fourth-order valence-corrected chi connectivity index (χ4v) is 2.27. The molecule has 0 bridgehead atoms. The van der Waals surface area contributed by atoms with Crippen molar-refractivity contribution in [2.24, 2.45) is 0 Å². The van der Waals surface area contributed by atoms with E-state index >= 15 is 0 Å². The third-order valence-corrected chi connectivity index (χ3v) is 4.03. The van der Waals surface area contributed by atoms with Gasteiger partial charge in [-0.15, -0.1) is 11.8 Å². The topological polar surface area (TPSA) is 20.2 Å². The monoisotopic (exact) mass is 304 g/mol. The van der Waals surface area contributed by atoms with E-state index in [1.807, 2.05) is 12.1 Å². The van der Waals surface area contributed by atoms with E-state index in [-0.39, 0.29) is 0 Å². The van der Waals surface area contributed by atoms with E-state index in [9.17, 15) is 5.11 Å². The van der Waals surface area contributed by atoms with Crippen LogP contribution in [0.15, 0.2) is 24.3 Å². The third-order valence-electron chi connectivity index (χ3n) is 1.60. The summed E-state index contributed by atoms with van der Waals surface area (Å²) in [7, 11) is 0. The summed E-state index contributed by atoms with van der Waals surface area (Å²) in [5, 5.41) is 10.1. The van der Waals surface area contributed by atoms with Gasteiger partial charge in [-0.1, -0.05) is 58.5 Å². The molecular formula is C9H8Cl4OS. The summed E-state index contributed by atoms with van der Waals surface area (Å²) in [5.41, 5.74) is -0.0316. The number of hydrogen-bond donors (Lipinski definition) is 1. The van der Waals surface area contributed by atoms with Gasteiger partial charge in [-0.25, -0.2) is 0 Å². The highest BCUT2D eigenvalue weighted by Crippen LogP contribution is 2.37. The zero-order valence-electron chi connectivity index (χ0n) is 7.46. The molecular weight excluding hydrogens is 298 g/mol. The molecule has 0 aliphatic carbocycles. The average Bonchev–Trinajstić information content (AvgIpc) is 2.15. The van der Waals surface area contributed by atoms with Crippen molar-refractivity contribution in [3.8, 4) is 0 Å². The van der Waals surface area contributed by atoms with Gasteiger partial charge in [0, 0.05) is 10.8 Å². The molecule has 0 heterocycles. The van der Waals surface area contributed by atoms with Gasteiger partial charge in [-0.3, -0.25) is 0 Å². The molecule has 0 aromatic heterocycles. The lowest BCUT2D eigenvalue weighted by atomic mass is 10.2. The van der Waals surface area contributed by atoms with Crippen molar-refractivity contribution in [1.29, 1.82) is 0 Å². The Labute approximate surface area is 113 Å². The predicted molar refractivity (Wildman–Crippen MR) is 69.0 cm³/mol. The van der Waals surface area contributed by atoms with E-state index in [4.69, 9.17) is 46.4 Å². The van der Waals surface area contributed by atoms with E-state index in [0.29, 0.717) is 10.8 Å². The normalized spacial score (nSPS) is 13.9. The Morgan fingerprint density at radius 3 is 2.20 bits per heavy atom. The molecule has 0 spiro atoms. The van der Waals surface area contributed by atoms with Crippen LogP contribution in [0.1, 0.15) is 5.56 Å². The minimum absolute atomic E-state index is 0.562. The molecule has 15 heavy (non-hydrogen) atoms. The van der Waals surface area contributed by atoms with E-state index < -0.39 is 9.23 Å². The molecule has 1 N–H and O–H groups in total. The molecule has 1 aromatic carbocycles. The Bertz CT molecular complexity index is 309. The van der Waals surface area contributed by atoms with Gasteiger partial charge in [0.2, 0.25) is 3.79 Å². The van der Waals surface area contributed by atoms with Crippen LogP contribution in [0, 0.1) is 0 Å². The van der Waals surface area contributed by atoms with Gasteiger partial charge in [0.1, 0.15) is 5.44 Å². The molecule has 0 radical (unpaired) electrons. The van der Waals surface area contributed by atoms with Crippen LogP contribution in [-0.2, 0) is 5.75 Å². The maximum atomic E-state index is 9.44. The molecule has 0 aliphatic heterocycles. The van der Waals surface area contributed by atoms with Gasteiger partial charge in [0.15, 0.2) is 0 Å². The van der Waals surface area contributed by atoms with Crippen LogP contribution in [0.5, 0.6) is 0 Å². The lowest BCUT2D eigenvalue weighted by Gasteiger charge is -2.17. The first-order valence-corrected chi connectivity index (χ1v) is 6.56. The molecule has 1 aromatic rings. The summed E-state index contributed by atoms with van der Waals surface area (Å²) in [6.07, 6.45) is 0. The van der Waals surface area contributed by atoms with Crippen molar-refractivity contribution in [2.75, 3.05) is 0 Å². The first kappa shape index (κ1) is 13.8. The minimum Gasteiger partial charge on any atom is -0.378 e. The Morgan fingerprint density at radius 2 is 1.73 bits per heavy atom. The highest BCUT2D eigenvalue weighted by atomic mass is 35.6. The third kappa shape index (κ3) is 5.03. The van der Waals surface area contributed by atoms with E-state index in [0.717, 1.165) is 17.3 Å². The Balaban J connectivity index is 2.47. The molecule has 0 aliphatic rings. The predicted octanol–water partition coefficient (Wildman–Crippen LogP) is 4.26. The van der Waals surface area contributed by atoms with E-state index in [1.165, 1.54) is 0 Å². The molecule has 84 valence electrons. The molecule has 1 rings (SSSR count). The molecule has 6 heteroatoms. The van der Waals surface area contributed by atoms with Crippen molar-refractivity contribution in [1.82, 2.24) is 0 Å². The van der Waals surface area contributed by atoms with Gasteiger partial charge < -0.3 is 5.11 Å². The Kier molecular flexibility index (Phi) is 5.37. The molecule has 0 saturated carbocycles. The summed E-state index contributed by atoms with van der Waals surface area (Å²) < 4.78 is -1.66. The molecule has 0 saturated heterocycles. The van der Waals surface area contributed by atoms with Crippen molar-refractivity contribution in [3.63, 3.8) is 0 Å². The van der Waals surface area contributed by atoms with Crippen molar-refractivity contribution in [3.05, 3.63) is 34.9 Å². The summed E-state index contributed by atoms with van der Waals surface area (Å²) in [5.74, 6) is 0.562. The van der Waals surface area contributed by atoms with Crippen LogP contribution in [-0.4, -0.2) is 14.3 Å². The van der Waals surface area contributed by atoms with Gasteiger partial charge in [0.25, 0.3) is 0 Å². The van der Waals surface area contributed by atoms with Crippen molar-refractivity contribution < 1.29 is 5.11 Å². The van der Waals surface area contributed by atoms with Gasteiger partial charge >= 0.3 is 0 Å². The summed E-state index contributed by atoms with van der Waals surface area (Å²) in [4.78, 5) is 0. The molecule has 0 fully saturated rings. The zero-order chi connectivity index (χ0) is 11.5. The number of halogens is 4. The SMILES string of the molecule is O[C@@H](SCc1ccc(Cl)cc1)C(Cl)(Cl)Cl. The Morgan fingerprint density at radius 1 is 1.20 bits per heavy atom. The van der Waals surface area contributed by atoms with E-state index in [2.05, 4.69) is 0 Å². The second kappa shape index (κ2) is 5.85. The maximum absolute atomic E-state index is 9.44. The number of aliphatic hydroxyl groups excluding tert-OH is 1. The van der Waals surface area contributed by atoms with Crippen LogP contribution < -0.4 is 0 Å². The van der Waals surface area contributed by atoms with Gasteiger partial charge in [-0.05, 0) is 17.7 Å². The number of aliphatic hydroxyl groups is 1. The average molecular weight is 306 g/mol. The Hall–Kier alpha value is 0.690. The fraction of sp³-hybridized carbons (Fsp3) is 0.333. The lowest BCUT2D eigenvalue weighted by Crippen LogP contribution is -2.21. The van der Waals surface area contributed by atoms with Crippen LogP contribution >= 0.6 is 58.2 Å². The highest BCUT2D eigenvalue weighted by molar-refractivity contribution is 7.99. The van der Waals surface area contributed by atoms with Crippen molar-refractivity contribution >= 4 is 58.2 Å². The van der Waals surface area contributed by atoms with E-state index in [1.54, 1.807) is 12.1 Å². The minimum atomic E-state index is -1.66. The number of rotatable bonds is 3. The van der Waals surface area contributed by atoms with Crippen LogP contribution in [0.25, 0.3) is 0 Å². The number of thioether (sulfide) groups is 1.